The van der Waals surface area contributed by atoms with E-state index in [1.54, 1.807) is 73.1 Å². The zero-order valence-corrected chi connectivity index (χ0v) is 21.0. The Hall–Kier alpha value is -3.27. The van der Waals surface area contributed by atoms with Gasteiger partial charge in [0.2, 0.25) is 21.8 Å². The predicted molar refractivity (Wildman–Crippen MR) is 135 cm³/mol. The molecule has 184 valence electrons. The second-order valence-corrected chi connectivity index (χ2v) is 10.6. The molecule has 2 aromatic carbocycles. The van der Waals surface area contributed by atoms with Gasteiger partial charge in [0.1, 0.15) is 6.04 Å². The lowest BCUT2D eigenvalue weighted by Gasteiger charge is -2.32. The molecule has 1 heterocycles. The van der Waals surface area contributed by atoms with Crippen molar-refractivity contribution in [3.63, 3.8) is 0 Å². The molecule has 35 heavy (non-hydrogen) atoms. The van der Waals surface area contributed by atoms with Crippen LogP contribution in [-0.2, 0) is 32.7 Å². The van der Waals surface area contributed by atoms with Gasteiger partial charge in [0.05, 0.1) is 12.8 Å². The number of aromatic nitrogens is 1. The van der Waals surface area contributed by atoms with Crippen LogP contribution in [-0.4, -0.2) is 54.3 Å². The normalized spacial score (nSPS) is 12.2. The average molecular weight is 515 g/mol. The molecule has 3 aromatic rings. The van der Waals surface area contributed by atoms with Crippen molar-refractivity contribution in [2.45, 2.75) is 19.1 Å². The second-order valence-electron chi connectivity index (χ2n) is 8.05. The number of rotatable bonds is 10. The highest BCUT2D eigenvalue weighted by molar-refractivity contribution is 7.88. The largest absolute Gasteiger partial charge is 0.350 e. The molecule has 0 aliphatic carbocycles. The van der Waals surface area contributed by atoms with Crippen LogP contribution < -0.4 is 5.32 Å². The molecule has 8 nitrogen and oxygen atoms in total. The van der Waals surface area contributed by atoms with E-state index in [0.717, 1.165) is 21.7 Å². The number of amides is 2. The molecule has 2 amide bonds. The van der Waals surface area contributed by atoms with Gasteiger partial charge < -0.3 is 10.2 Å². The van der Waals surface area contributed by atoms with Gasteiger partial charge in [-0.2, -0.15) is 4.31 Å². The fourth-order valence-electron chi connectivity index (χ4n) is 3.40. The highest BCUT2D eigenvalue weighted by atomic mass is 35.5. The summed E-state index contributed by atoms with van der Waals surface area (Å²) >= 11 is 6.02. The molecule has 0 bridgehead atoms. The molecule has 0 saturated heterocycles. The Bertz CT molecular complexity index is 1240. The monoisotopic (exact) mass is 514 g/mol. The number of hydrogen-bond donors (Lipinski definition) is 1. The van der Waals surface area contributed by atoms with Crippen molar-refractivity contribution < 1.29 is 18.0 Å². The fourth-order valence-corrected chi connectivity index (χ4v) is 3.87. The predicted octanol–water partition coefficient (Wildman–Crippen LogP) is 3.01. The molecule has 1 N–H and O–H groups in total. The van der Waals surface area contributed by atoms with Gasteiger partial charge in [-0.3, -0.25) is 14.6 Å². The number of carbonyl (C=O) groups is 2. The summed E-state index contributed by atoms with van der Waals surface area (Å²) in [7, 11) is -2.28. The van der Waals surface area contributed by atoms with Crippen molar-refractivity contribution >= 4 is 33.4 Å². The van der Waals surface area contributed by atoms with Crippen molar-refractivity contribution in [3.05, 3.63) is 101 Å². The molecule has 0 saturated carbocycles. The summed E-state index contributed by atoms with van der Waals surface area (Å²) in [5, 5.41) is 3.44. The third-order valence-electron chi connectivity index (χ3n) is 5.40. The van der Waals surface area contributed by atoms with Crippen LogP contribution in [0, 0.1) is 0 Å². The maximum atomic E-state index is 13.5. The van der Waals surface area contributed by atoms with Gasteiger partial charge in [0.25, 0.3) is 0 Å². The van der Waals surface area contributed by atoms with E-state index in [1.807, 2.05) is 6.07 Å². The minimum absolute atomic E-state index is 0.0792. The third-order valence-corrected chi connectivity index (χ3v) is 6.92. The Morgan fingerprint density at radius 3 is 2.20 bits per heavy atom. The maximum Gasteiger partial charge on any atom is 0.247 e. The number of nitrogens with zero attached hydrogens (tertiary/aromatic N) is 3. The Balaban J connectivity index is 1.97. The smallest absolute Gasteiger partial charge is 0.247 e. The number of carbonyl (C=O) groups excluding carboxylic acids is 2. The number of hydrogen-bond acceptors (Lipinski definition) is 5. The van der Waals surface area contributed by atoms with Crippen LogP contribution >= 0.6 is 11.6 Å². The van der Waals surface area contributed by atoms with E-state index in [2.05, 4.69) is 10.3 Å². The highest BCUT2D eigenvalue weighted by Crippen LogP contribution is 2.25. The topological polar surface area (TPSA) is 99.7 Å². The zero-order valence-electron chi connectivity index (χ0n) is 19.5. The lowest BCUT2D eigenvalue weighted by atomic mass is 10.0. The Morgan fingerprint density at radius 1 is 0.971 bits per heavy atom. The second kappa shape index (κ2) is 11.9. The summed E-state index contributed by atoms with van der Waals surface area (Å²) in [6, 6.07) is 18.4. The minimum atomic E-state index is -3.60. The van der Waals surface area contributed by atoms with Crippen LogP contribution in [0.1, 0.15) is 22.7 Å². The third kappa shape index (κ3) is 7.61. The number of nitrogens with one attached hydrogen (secondary N) is 1. The van der Waals surface area contributed by atoms with Crippen LogP contribution in [0.4, 0.5) is 0 Å². The molecule has 1 atom stereocenters. The van der Waals surface area contributed by atoms with Crippen molar-refractivity contribution in [3.8, 4) is 0 Å². The lowest BCUT2D eigenvalue weighted by molar-refractivity contribution is -0.141. The van der Waals surface area contributed by atoms with Crippen molar-refractivity contribution in [1.29, 1.82) is 0 Å². The number of sulfonamides is 1. The number of benzene rings is 2. The van der Waals surface area contributed by atoms with Crippen LogP contribution in [0.25, 0.3) is 0 Å². The van der Waals surface area contributed by atoms with E-state index in [0.29, 0.717) is 10.6 Å². The van der Waals surface area contributed by atoms with Gasteiger partial charge in [-0.1, -0.05) is 54.1 Å². The zero-order chi connectivity index (χ0) is 25.4. The number of pyridine rings is 1. The first-order valence-electron chi connectivity index (χ1n) is 10.8. The van der Waals surface area contributed by atoms with Crippen molar-refractivity contribution in [2.24, 2.45) is 0 Å². The fraction of sp³-hybridized carbons (Fsp3) is 0.240. The molecule has 0 unspecified atom stereocenters. The standard InChI is InChI=1S/C25H27ClN4O4S/c1-29(35(2,33)34)18-23(31)30(17-20-8-10-22(26)11-9-20)24(21-6-4-3-5-7-21)25(32)28-16-19-12-14-27-15-13-19/h3-15,24H,16-18H2,1-2H3,(H,28,32)/t24-/m1/s1. The van der Waals surface area contributed by atoms with Crippen LogP contribution in [0.15, 0.2) is 79.1 Å². The Kier molecular flexibility index (Phi) is 8.97. The molecule has 0 radical (unpaired) electrons. The van der Waals surface area contributed by atoms with Gasteiger partial charge in [0, 0.05) is 37.6 Å². The summed E-state index contributed by atoms with van der Waals surface area (Å²) < 4.78 is 24.9. The molecule has 0 aliphatic rings. The summed E-state index contributed by atoms with van der Waals surface area (Å²) in [6.45, 7) is -0.0832. The van der Waals surface area contributed by atoms with E-state index in [1.165, 1.54) is 11.9 Å². The lowest BCUT2D eigenvalue weighted by Crippen LogP contribution is -2.47. The Labute approximate surface area is 210 Å². The van der Waals surface area contributed by atoms with Gasteiger partial charge in [-0.15, -0.1) is 0 Å². The summed E-state index contributed by atoms with van der Waals surface area (Å²) in [6.07, 6.45) is 4.29. The summed E-state index contributed by atoms with van der Waals surface area (Å²) in [4.78, 5) is 32.4. The van der Waals surface area contributed by atoms with E-state index in [4.69, 9.17) is 11.6 Å². The van der Waals surface area contributed by atoms with Crippen LogP contribution in [0.3, 0.4) is 0 Å². The molecular weight excluding hydrogens is 488 g/mol. The average Bonchev–Trinajstić information content (AvgIpc) is 2.84. The first-order chi connectivity index (χ1) is 16.6. The van der Waals surface area contributed by atoms with E-state index < -0.39 is 34.4 Å². The highest BCUT2D eigenvalue weighted by Gasteiger charge is 2.32. The minimum Gasteiger partial charge on any atom is -0.350 e. The first kappa shape index (κ1) is 26.3. The van der Waals surface area contributed by atoms with Gasteiger partial charge in [-0.25, -0.2) is 8.42 Å². The Morgan fingerprint density at radius 2 is 1.60 bits per heavy atom. The molecule has 10 heteroatoms. The molecule has 0 fully saturated rings. The van der Waals surface area contributed by atoms with Gasteiger partial charge in [-0.05, 0) is 41.0 Å². The SMILES string of the molecule is CN(CC(=O)N(Cc1ccc(Cl)cc1)[C@@H](C(=O)NCc1ccncc1)c1ccccc1)S(C)(=O)=O. The molecule has 1 aromatic heterocycles. The van der Waals surface area contributed by atoms with Crippen LogP contribution in [0.5, 0.6) is 0 Å². The molecule has 3 rings (SSSR count). The van der Waals surface area contributed by atoms with Gasteiger partial charge >= 0.3 is 0 Å². The summed E-state index contributed by atoms with van der Waals surface area (Å²) in [5.74, 6) is -0.905. The number of likely N-dealkylation sites (N-methyl/N-ethyl adjacent to an activating group) is 1. The number of halogens is 1. The van der Waals surface area contributed by atoms with E-state index in [-0.39, 0.29) is 13.1 Å². The van der Waals surface area contributed by atoms with Crippen LogP contribution in [0.2, 0.25) is 5.02 Å². The van der Waals surface area contributed by atoms with E-state index in [9.17, 15) is 18.0 Å². The quantitative estimate of drug-likeness (QED) is 0.448. The molecular formula is C25H27ClN4O4S. The molecule has 0 spiro atoms. The summed E-state index contributed by atoms with van der Waals surface area (Å²) in [5.41, 5.74) is 2.20. The van der Waals surface area contributed by atoms with E-state index >= 15 is 0 Å². The van der Waals surface area contributed by atoms with Gasteiger partial charge in [0.15, 0.2) is 0 Å². The molecule has 0 aliphatic heterocycles. The maximum absolute atomic E-state index is 13.5. The van der Waals surface area contributed by atoms with Crippen molar-refractivity contribution in [2.75, 3.05) is 19.8 Å². The first-order valence-corrected chi connectivity index (χ1v) is 13.0. The van der Waals surface area contributed by atoms with Crippen molar-refractivity contribution in [1.82, 2.24) is 19.5 Å².